The van der Waals surface area contributed by atoms with Crippen LogP contribution in [0.15, 0.2) is 12.7 Å². The van der Waals surface area contributed by atoms with Crippen LogP contribution < -0.4 is 0 Å². The zero-order valence-electron chi connectivity index (χ0n) is 6.33. The van der Waals surface area contributed by atoms with Crippen LogP contribution in [-0.2, 0) is 19.1 Å². The highest BCUT2D eigenvalue weighted by Crippen LogP contribution is 1.86. The maximum atomic E-state index is 10.4. The minimum atomic E-state index is -0.603. The molecule has 0 rings (SSSR count). The van der Waals surface area contributed by atoms with Crippen molar-refractivity contribution in [1.29, 1.82) is 0 Å². The van der Waals surface area contributed by atoms with E-state index in [4.69, 9.17) is 0 Å². The smallest absolute Gasteiger partial charge is 0.333 e. The zero-order valence-corrected chi connectivity index (χ0v) is 6.33. The molecule has 0 N–H and O–H groups in total. The van der Waals surface area contributed by atoms with E-state index in [1.54, 1.807) is 6.92 Å². The first-order valence-corrected chi connectivity index (χ1v) is 3.15. The molecule has 11 heavy (non-hydrogen) atoms. The Balaban J connectivity index is 3.34. The van der Waals surface area contributed by atoms with Crippen LogP contribution in [-0.4, -0.2) is 18.7 Å². The average Bonchev–Trinajstić information content (AvgIpc) is 2.04. The predicted octanol–water partition coefficient (Wildman–Crippen LogP) is 0.626. The molecule has 62 valence electrons. The first kappa shape index (κ1) is 9.68. The van der Waals surface area contributed by atoms with Crippen molar-refractivity contribution in [1.82, 2.24) is 0 Å². The summed E-state index contributed by atoms with van der Waals surface area (Å²) in [6.07, 6.45) is 1.27. The molecule has 0 aromatic rings. The quantitative estimate of drug-likeness (QED) is 0.342. The van der Waals surface area contributed by atoms with Gasteiger partial charge in [-0.2, -0.15) is 0 Å². The number of ether oxygens (including phenoxy) is 2. The summed E-state index contributed by atoms with van der Waals surface area (Å²) in [5.41, 5.74) is 0. The summed E-state index contributed by atoms with van der Waals surface area (Å²) in [4.78, 5) is 20.8. The molecule has 4 heteroatoms. The van der Waals surface area contributed by atoms with Crippen LogP contribution in [0.4, 0.5) is 0 Å². The summed E-state index contributed by atoms with van der Waals surface area (Å²) in [6.45, 7) is 4.48. The molecular weight excluding hydrogens is 148 g/mol. The first-order valence-electron chi connectivity index (χ1n) is 3.15. The molecule has 4 nitrogen and oxygen atoms in total. The molecule has 0 aliphatic heterocycles. The number of carbonyl (C=O) groups is 2. The molecule has 0 aromatic carbocycles. The summed E-state index contributed by atoms with van der Waals surface area (Å²) in [5, 5.41) is 0. The summed E-state index contributed by atoms with van der Waals surface area (Å²) in [7, 11) is 0. The molecule has 0 amide bonds. The van der Waals surface area contributed by atoms with Gasteiger partial charge >= 0.3 is 11.9 Å². The van der Waals surface area contributed by atoms with Gasteiger partial charge < -0.3 is 9.47 Å². The molecule has 0 bridgehead atoms. The second-order valence-corrected chi connectivity index (χ2v) is 1.66. The zero-order chi connectivity index (χ0) is 8.69. The lowest BCUT2D eigenvalue weighted by Gasteiger charge is -2.01. The van der Waals surface area contributed by atoms with E-state index < -0.39 is 11.9 Å². The van der Waals surface area contributed by atoms with E-state index in [2.05, 4.69) is 16.1 Å². The topological polar surface area (TPSA) is 52.6 Å². The maximum Gasteiger partial charge on any atom is 0.333 e. The van der Waals surface area contributed by atoms with Crippen LogP contribution in [0.5, 0.6) is 0 Å². The molecular formula is C7H10O4. The Morgan fingerprint density at radius 3 is 2.55 bits per heavy atom. The lowest BCUT2D eigenvalue weighted by molar-refractivity contribution is -0.163. The summed E-state index contributed by atoms with van der Waals surface area (Å²) < 4.78 is 8.80. The Morgan fingerprint density at radius 1 is 1.45 bits per heavy atom. The maximum absolute atomic E-state index is 10.4. The summed E-state index contributed by atoms with van der Waals surface area (Å²) in [5.74, 6) is -1.00. The molecule has 0 unspecified atom stereocenters. The second-order valence-electron chi connectivity index (χ2n) is 1.66. The third-order valence-electron chi connectivity index (χ3n) is 0.876. The van der Waals surface area contributed by atoms with Crippen LogP contribution in [0.2, 0.25) is 0 Å². The Morgan fingerprint density at radius 2 is 2.09 bits per heavy atom. The molecule has 0 spiro atoms. The standard InChI is InChI=1S/C7H10O4/c1-3-6(8)10-5-11-7(9)4-2/h3H,1,4-5H2,2H3. The van der Waals surface area contributed by atoms with Gasteiger partial charge in [0, 0.05) is 12.5 Å². The Hall–Kier alpha value is -1.32. The van der Waals surface area contributed by atoms with Gasteiger partial charge in [0.1, 0.15) is 0 Å². The van der Waals surface area contributed by atoms with E-state index in [0.717, 1.165) is 6.08 Å². The molecule has 0 aliphatic carbocycles. The van der Waals surface area contributed by atoms with Crippen LogP contribution in [0.25, 0.3) is 0 Å². The van der Waals surface area contributed by atoms with Gasteiger partial charge in [-0.1, -0.05) is 13.5 Å². The molecule has 0 radical (unpaired) electrons. The van der Waals surface area contributed by atoms with E-state index in [1.165, 1.54) is 0 Å². The van der Waals surface area contributed by atoms with Crippen molar-refractivity contribution in [3.05, 3.63) is 12.7 Å². The SMILES string of the molecule is C=CC(=O)OCOC(=O)CC. The molecule has 0 atom stereocenters. The monoisotopic (exact) mass is 158 g/mol. The van der Waals surface area contributed by atoms with Crippen molar-refractivity contribution in [2.75, 3.05) is 6.79 Å². The molecule has 0 fully saturated rings. The highest BCUT2D eigenvalue weighted by Gasteiger charge is 1.99. The lowest BCUT2D eigenvalue weighted by atomic mass is 10.5. The van der Waals surface area contributed by atoms with Gasteiger partial charge in [0.2, 0.25) is 6.79 Å². The molecule has 0 heterocycles. The van der Waals surface area contributed by atoms with E-state index in [1.807, 2.05) is 0 Å². The van der Waals surface area contributed by atoms with E-state index in [9.17, 15) is 9.59 Å². The fourth-order valence-electron chi connectivity index (χ4n) is 0.314. The van der Waals surface area contributed by atoms with Crippen molar-refractivity contribution in [3.8, 4) is 0 Å². The van der Waals surface area contributed by atoms with Crippen LogP contribution in [0.3, 0.4) is 0 Å². The molecule has 0 saturated carbocycles. The number of carbonyl (C=O) groups excluding carboxylic acids is 2. The van der Waals surface area contributed by atoms with Gasteiger partial charge in [-0.05, 0) is 0 Å². The number of hydrogen-bond acceptors (Lipinski definition) is 4. The lowest BCUT2D eigenvalue weighted by Crippen LogP contribution is -2.09. The summed E-state index contributed by atoms with van der Waals surface area (Å²) >= 11 is 0. The van der Waals surface area contributed by atoms with Crippen molar-refractivity contribution in [3.63, 3.8) is 0 Å². The van der Waals surface area contributed by atoms with Crippen molar-refractivity contribution < 1.29 is 19.1 Å². The van der Waals surface area contributed by atoms with Gasteiger partial charge in [0.25, 0.3) is 0 Å². The van der Waals surface area contributed by atoms with Gasteiger partial charge in [-0.15, -0.1) is 0 Å². The second kappa shape index (κ2) is 5.46. The number of rotatable bonds is 4. The van der Waals surface area contributed by atoms with Crippen molar-refractivity contribution in [2.24, 2.45) is 0 Å². The summed E-state index contributed by atoms with van der Waals surface area (Å²) in [6, 6.07) is 0. The van der Waals surface area contributed by atoms with E-state index >= 15 is 0 Å². The molecule has 0 saturated heterocycles. The molecule has 0 aromatic heterocycles. The highest BCUT2D eigenvalue weighted by molar-refractivity contribution is 5.81. The fourth-order valence-corrected chi connectivity index (χ4v) is 0.314. The highest BCUT2D eigenvalue weighted by atomic mass is 16.7. The van der Waals surface area contributed by atoms with Crippen molar-refractivity contribution in [2.45, 2.75) is 13.3 Å². The van der Waals surface area contributed by atoms with Gasteiger partial charge in [0.05, 0.1) is 0 Å². The Kier molecular flexibility index (Phi) is 4.81. The first-order chi connectivity index (χ1) is 5.20. The van der Waals surface area contributed by atoms with Gasteiger partial charge in [-0.25, -0.2) is 4.79 Å². The Bertz CT molecular complexity index is 162. The molecule has 0 aliphatic rings. The fraction of sp³-hybridized carbons (Fsp3) is 0.429. The van der Waals surface area contributed by atoms with Crippen LogP contribution in [0.1, 0.15) is 13.3 Å². The largest absolute Gasteiger partial charge is 0.428 e. The minimum Gasteiger partial charge on any atom is -0.428 e. The van der Waals surface area contributed by atoms with Gasteiger partial charge in [-0.3, -0.25) is 4.79 Å². The van der Waals surface area contributed by atoms with Crippen LogP contribution in [0, 0.1) is 0 Å². The van der Waals surface area contributed by atoms with Crippen LogP contribution >= 0.6 is 0 Å². The number of hydrogen-bond donors (Lipinski definition) is 0. The average molecular weight is 158 g/mol. The third-order valence-corrected chi connectivity index (χ3v) is 0.876. The van der Waals surface area contributed by atoms with Gasteiger partial charge in [0.15, 0.2) is 0 Å². The normalized spacial score (nSPS) is 8.45. The minimum absolute atomic E-state index is 0.269. The van der Waals surface area contributed by atoms with E-state index in [-0.39, 0.29) is 13.2 Å². The van der Waals surface area contributed by atoms with E-state index in [0.29, 0.717) is 0 Å². The third kappa shape index (κ3) is 5.14. The number of esters is 2. The predicted molar refractivity (Wildman–Crippen MR) is 37.5 cm³/mol. The van der Waals surface area contributed by atoms with Crippen molar-refractivity contribution >= 4 is 11.9 Å². The Labute approximate surface area is 64.8 Å².